The van der Waals surface area contributed by atoms with Crippen LogP contribution in [0.15, 0.2) is 41.8 Å². The summed E-state index contributed by atoms with van der Waals surface area (Å²) in [5.41, 5.74) is 3.58. The van der Waals surface area contributed by atoms with E-state index in [0.29, 0.717) is 15.4 Å². The fourth-order valence-electron chi connectivity index (χ4n) is 4.24. The Morgan fingerprint density at radius 2 is 1.72 bits per heavy atom. The van der Waals surface area contributed by atoms with Gasteiger partial charge >= 0.3 is 0 Å². The third-order valence-corrected chi connectivity index (χ3v) is 7.95. The molecule has 1 aromatic carbocycles. The van der Waals surface area contributed by atoms with E-state index in [-0.39, 0.29) is 11.8 Å². The van der Waals surface area contributed by atoms with Gasteiger partial charge in [-0.2, -0.15) is 0 Å². The van der Waals surface area contributed by atoms with Gasteiger partial charge in [0, 0.05) is 29.3 Å². The van der Waals surface area contributed by atoms with E-state index in [0.717, 1.165) is 68.9 Å². The number of amides is 2. The minimum absolute atomic E-state index is 0.162. The van der Waals surface area contributed by atoms with Crippen molar-refractivity contribution in [2.75, 3.05) is 41.8 Å². The van der Waals surface area contributed by atoms with E-state index in [1.807, 2.05) is 35.7 Å². The largest absolute Gasteiger partial charge is 0.378 e. The topological polar surface area (TPSA) is 70.7 Å². The fourth-order valence-corrected chi connectivity index (χ4v) is 6.14. The van der Waals surface area contributed by atoms with Crippen LogP contribution in [0.1, 0.15) is 43.3 Å². The molecule has 6 nitrogen and oxygen atoms in total. The quantitative estimate of drug-likeness (QED) is 0.552. The standard InChI is InChI=1S/C24H25N3O3S2/c28-22(20-6-3-15-31-20)26-24-21(18-4-1-2-5-19(18)32-24)23(29)25-16-7-9-17(10-8-16)27-11-13-30-14-12-27/h3,6-10,15H,1-2,4-5,11-14H2,(H,25,29)(H,26,28). The monoisotopic (exact) mass is 467 g/mol. The number of rotatable bonds is 5. The predicted molar refractivity (Wildman–Crippen MR) is 131 cm³/mol. The van der Waals surface area contributed by atoms with Crippen molar-refractivity contribution in [3.63, 3.8) is 0 Å². The molecule has 2 aromatic heterocycles. The summed E-state index contributed by atoms with van der Waals surface area (Å²) in [6, 6.07) is 11.6. The van der Waals surface area contributed by atoms with Gasteiger partial charge in [0.2, 0.25) is 0 Å². The molecule has 1 aliphatic heterocycles. The molecule has 3 heterocycles. The second-order valence-corrected chi connectivity index (χ2v) is 10.00. The van der Waals surface area contributed by atoms with Gasteiger partial charge in [0.1, 0.15) is 5.00 Å². The molecule has 8 heteroatoms. The van der Waals surface area contributed by atoms with Crippen LogP contribution in [0.2, 0.25) is 0 Å². The van der Waals surface area contributed by atoms with Crippen LogP contribution in [0.5, 0.6) is 0 Å². The first-order chi connectivity index (χ1) is 15.7. The Balaban J connectivity index is 1.36. The van der Waals surface area contributed by atoms with Crippen LogP contribution < -0.4 is 15.5 Å². The van der Waals surface area contributed by atoms with Crippen molar-refractivity contribution in [2.45, 2.75) is 25.7 Å². The first-order valence-electron chi connectivity index (χ1n) is 10.9. The highest BCUT2D eigenvalue weighted by atomic mass is 32.1. The van der Waals surface area contributed by atoms with Crippen molar-refractivity contribution >= 4 is 50.9 Å². The Bertz CT molecular complexity index is 1100. The Labute approximate surface area is 195 Å². The van der Waals surface area contributed by atoms with Crippen molar-refractivity contribution in [3.05, 3.63) is 62.7 Å². The van der Waals surface area contributed by atoms with Gasteiger partial charge in [-0.05, 0) is 67.0 Å². The third kappa shape index (κ3) is 4.44. The summed E-state index contributed by atoms with van der Waals surface area (Å²) in [6.45, 7) is 3.23. The van der Waals surface area contributed by atoms with Gasteiger partial charge in [-0.15, -0.1) is 22.7 Å². The molecule has 0 bridgehead atoms. The van der Waals surface area contributed by atoms with Crippen molar-refractivity contribution in [1.29, 1.82) is 0 Å². The van der Waals surface area contributed by atoms with E-state index < -0.39 is 0 Å². The summed E-state index contributed by atoms with van der Waals surface area (Å²) >= 11 is 2.94. The number of hydrogen-bond acceptors (Lipinski definition) is 6. The Kier molecular flexibility index (Phi) is 6.25. The molecule has 2 amide bonds. The van der Waals surface area contributed by atoms with Gasteiger partial charge in [0.15, 0.2) is 0 Å². The van der Waals surface area contributed by atoms with Crippen molar-refractivity contribution < 1.29 is 14.3 Å². The van der Waals surface area contributed by atoms with Crippen molar-refractivity contribution in [3.8, 4) is 0 Å². The molecule has 32 heavy (non-hydrogen) atoms. The maximum absolute atomic E-state index is 13.3. The second kappa shape index (κ2) is 9.44. The first-order valence-corrected chi connectivity index (χ1v) is 12.6. The minimum atomic E-state index is -0.164. The number of carbonyl (C=O) groups excluding carboxylic acids is 2. The lowest BCUT2D eigenvalue weighted by Crippen LogP contribution is -2.36. The molecule has 0 atom stereocenters. The Morgan fingerprint density at radius 1 is 0.938 bits per heavy atom. The lowest BCUT2D eigenvalue weighted by atomic mass is 9.95. The van der Waals surface area contributed by atoms with Crippen molar-refractivity contribution in [1.82, 2.24) is 0 Å². The third-order valence-electron chi connectivity index (χ3n) is 5.87. The number of anilines is 3. The molecule has 0 saturated carbocycles. The highest BCUT2D eigenvalue weighted by Crippen LogP contribution is 2.39. The summed E-state index contributed by atoms with van der Waals surface area (Å²) in [5.74, 6) is -0.326. The molecular formula is C24H25N3O3S2. The normalized spacial score (nSPS) is 15.8. The number of fused-ring (bicyclic) bond motifs is 1. The Hall–Kier alpha value is -2.68. The van der Waals surface area contributed by atoms with Gasteiger partial charge in [-0.25, -0.2) is 0 Å². The smallest absolute Gasteiger partial charge is 0.266 e. The zero-order valence-electron chi connectivity index (χ0n) is 17.7. The number of thiophene rings is 2. The molecule has 1 aliphatic carbocycles. The molecule has 0 spiro atoms. The van der Waals surface area contributed by atoms with E-state index in [2.05, 4.69) is 15.5 Å². The summed E-state index contributed by atoms with van der Waals surface area (Å²) in [7, 11) is 0. The number of morpholine rings is 1. The second-order valence-electron chi connectivity index (χ2n) is 7.95. The molecule has 1 saturated heterocycles. The van der Waals surface area contributed by atoms with E-state index in [4.69, 9.17) is 4.74 Å². The van der Waals surface area contributed by atoms with Crippen LogP contribution in [0.4, 0.5) is 16.4 Å². The number of hydrogen-bond donors (Lipinski definition) is 2. The molecule has 0 radical (unpaired) electrons. The summed E-state index contributed by atoms with van der Waals surface area (Å²) in [5, 5.41) is 8.58. The van der Waals surface area contributed by atoms with Gasteiger partial charge in [0.05, 0.1) is 23.7 Å². The summed E-state index contributed by atoms with van der Waals surface area (Å²) in [4.78, 5) is 30.1. The van der Waals surface area contributed by atoms with Crippen LogP contribution in [0.3, 0.4) is 0 Å². The molecule has 3 aromatic rings. The van der Waals surface area contributed by atoms with Crippen LogP contribution in [0.25, 0.3) is 0 Å². The highest BCUT2D eigenvalue weighted by Gasteiger charge is 2.27. The molecule has 5 rings (SSSR count). The van der Waals surface area contributed by atoms with Gasteiger partial charge in [-0.1, -0.05) is 6.07 Å². The minimum Gasteiger partial charge on any atom is -0.378 e. The molecule has 0 unspecified atom stereocenters. The lowest BCUT2D eigenvalue weighted by molar-refractivity contribution is 0.102. The van der Waals surface area contributed by atoms with Gasteiger partial charge < -0.3 is 20.3 Å². The van der Waals surface area contributed by atoms with E-state index in [1.54, 1.807) is 17.4 Å². The predicted octanol–water partition coefficient (Wildman–Crippen LogP) is 5.03. The van der Waals surface area contributed by atoms with Crippen LogP contribution in [-0.4, -0.2) is 38.1 Å². The number of benzene rings is 1. The highest BCUT2D eigenvalue weighted by molar-refractivity contribution is 7.17. The molecule has 1 fully saturated rings. The summed E-state index contributed by atoms with van der Waals surface area (Å²) in [6.07, 6.45) is 4.02. The van der Waals surface area contributed by atoms with E-state index in [9.17, 15) is 9.59 Å². The first kappa shape index (κ1) is 21.2. The van der Waals surface area contributed by atoms with Gasteiger partial charge in [-0.3, -0.25) is 9.59 Å². The molecule has 2 aliphatic rings. The zero-order valence-corrected chi connectivity index (χ0v) is 19.3. The van der Waals surface area contributed by atoms with E-state index >= 15 is 0 Å². The average Bonchev–Trinajstić information content (AvgIpc) is 3.48. The van der Waals surface area contributed by atoms with Crippen molar-refractivity contribution in [2.24, 2.45) is 0 Å². The molecule has 2 N–H and O–H groups in total. The number of nitrogens with zero attached hydrogens (tertiary/aromatic N) is 1. The number of carbonyl (C=O) groups is 2. The number of nitrogens with one attached hydrogen (secondary N) is 2. The number of aryl methyl sites for hydroxylation is 1. The fraction of sp³-hybridized carbons (Fsp3) is 0.333. The van der Waals surface area contributed by atoms with Gasteiger partial charge in [0.25, 0.3) is 11.8 Å². The maximum Gasteiger partial charge on any atom is 0.266 e. The van der Waals surface area contributed by atoms with E-state index in [1.165, 1.54) is 16.2 Å². The zero-order chi connectivity index (χ0) is 21.9. The SMILES string of the molecule is O=C(Nc1sc2c(c1C(=O)Nc1ccc(N3CCOCC3)cc1)CCCC2)c1cccs1. The van der Waals surface area contributed by atoms with Crippen LogP contribution >= 0.6 is 22.7 Å². The number of ether oxygens (including phenoxy) is 1. The summed E-state index contributed by atoms with van der Waals surface area (Å²) < 4.78 is 5.42. The Morgan fingerprint density at radius 3 is 2.47 bits per heavy atom. The molecular weight excluding hydrogens is 442 g/mol. The van der Waals surface area contributed by atoms with Crippen LogP contribution in [0, 0.1) is 0 Å². The average molecular weight is 468 g/mol. The molecule has 166 valence electrons. The maximum atomic E-state index is 13.3. The lowest BCUT2D eigenvalue weighted by Gasteiger charge is -2.28. The van der Waals surface area contributed by atoms with Crippen LogP contribution in [-0.2, 0) is 17.6 Å².